The number of aryl methyl sites for hydroxylation is 1. The topological polar surface area (TPSA) is 97.5 Å². The molecule has 240 valence electrons. The number of fused-ring (bicyclic) bond motifs is 2. The van der Waals surface area contributed by atoms with Gasteiger partial charge in [0.25, 0.3) is 0 Å². The Kier molecular flexibility index (Phi) is 9.03. The van der Waals surface area contributed by atoms with Crippen molar-refractivity contribution in [1.29, 1.82) is 0 Å². The van der Waals surface area contributed by atoms with Crippen LogP contribution in [0.3, 0.4) is 0 Å². The molecule has 0 saturated heterocycles. The number of hydrogen-bond acceptors (Lipinski definition) is 5. The van der Waals surface area contributed by atoms with E-state index in [0.29, 0.717) is 37.0 Å². The highest BCUT2D eigenvalue weighted by Crippen LogP contribution is 2.53. The summed E-state index contributed by atoms with van der Waals surface area (Å²) in [6.07, 6.45) is 15.1. The first-order valence-electron chi connectivity index (χ1n) is 16.9. The van der Waals surface area contributed by atoms with Crippen molar-refractivity contribution < 1.29 is 19.4 Å². The number of carbonyl (C=O) groups excluding carboxylic acids is 1. The number of anilines is 1. The molecule has 1 N–H and O–H groups in total. The van der Waals surface area contributed by atoms with Crippen LogP contribution in [0.5, 0.6) is 5.75 Å². The third-order valence-electron chi connectivity index (χ3n) is 11.1. The molecule has 3 saturated carbocycles. The van der Waals surface area contributed by atoms with Crippen molar-refractivity contribution in [3.63, 3.8) is 0 Å². The molecule has 45 heavy (non-hydrogen) atoms. The molecule has 3 unspecified atom stereocenters. The SMILES string of the molecule is COc1ccc(C23CCCC(C2)C(CN(C(=O)[C@@H]2CCC[C@H](C(=O)O)C2)c2cc(-c4cnn(C(C)C)c4)ccn2)CC3)cc1C. The fourth-order valence-corrected chi connectivity index (χ4v) is 8.50. The van der Waals surface area contributed by atoms with Crippen molar-refractivity contribution in [2.45, 2.75) is 96.4 Å². The number of aromatic nitrogens is 3. The molecule has 1 amide bonds. The molecule has 1 aromatic carbocycles. The molecule has 2 aromatic heterocycles. The smallest absolute Gasteiger partial charge is 0.306 e. The Balaban J connectivity index is 1.28. The molecule has 0 spiro atoms. The van der Waals surface area contributed by atoms with Gasteiger partial charge in [0.15, 0.2) is 0 Å². The number of carboxylic acids is 1. The summed E-state index contributed by atoms with van der Waals surface area (Å²) in [6, 6.07) is 11.0. The molecule has 3 fully saturated rings. The lowest BCUT2D eigenvalue weighted by molar-refractivity contribution is -0.143. The van der Waals surface area contributed by atoms with Crippen LogP contribution in [0.2, 0.25) is 0 Å². The summed E-state index contributed by atoms with van der Waals surface area (Å²) in [5.74, 6) is 0.964. The Labute approximate surface area is 267 Å². The summed E-state index contributed by atoms with van der Waals surface area (Å²) in [4.78, 5) is 33.0. The van der Waals surface area contributed by atoms with Gasteiger partial charge in [-0.25, -0.2) is 4.98 Å². The van der Waals surface area contributed by atoms with E-state index in [1.807, 2.05) is 34.1 Å². The molecule has 0 radical (unpaired) electrons. The summed E-state index contributed by atoms with van der Waals surface area (Å²) in [6.45, 7) is 6.95. The summed E-state index contributed by atoms with van der Waals surface area (Å²) in [5, 5.41) is 14.3. The van der Waals surface area contributed by atoms with E-state index in [1.54, 1.807) is 13.3 Å². The molecule has 3 aliphatic rings. The van der Waals surface area contributed by atoms with E-state index in [-0.39, 0.29) is 23.3 Å². The van der Waals surface area contributed by atoms with Crippen molar-refractivity contribution in [2.75, 3.05) is 18.6 Å². The van der Waals surface area contributed by atoms with E-state index in [4.69, 9.17) is 9.72 Å². The highest BCUT2D eigenvalue weighted by Gasteiger charge is 2.46. The van der Waals surface area contributed by atoms with Crippen LogP contribution < -0.4 is 9.64 Å². The first-order valence-corrected chi connectivity index (χ1v) is 16.9. The number of methoxy groups -OCH3 is 1. The maximum absolute atomic E-state index is 14.4. The van der Waals surface area contributed by atoms with Crippen LogP contribution >= 0.6 is 0 Å². The van der Waals surface area contributed by atoms with Gasteiger partial charge in [-0.3, -0.25) is 19.2 Å². The number of amides is 1. The lowest BCUT2D eigenvalue weighted by atomic mass is 9.56. The van der Waals surface area contributed by atoms with Gasteiger partial charge in [0, 0.05) is 36.5 Å². The van der Waals surface area contributed by atoms with Crippen molar-refractivity contribution >= 4 is 17.7 Å². The number of carbonyl (C=O) groups is 2. The minimum absolute atomic E-state index is 0.0295. The van der Waals surface area contributed by atoms with Gasteiger partial charge in [-0.15, -0.1) is 0 Å². The molecule has 3 aromatic rings. The van der Waals surface area contributed by atoms with E-state index in [2.05, 4.69) is 44.1 Å². The van der Waals surface area contributed by atoms with E-state index in [1.165, 1.54) is 30.4 Å². The Morgan fingerprint density at radius 3 is 2.62 bits per heavy atom. The van der Waals surface area contributed by atoms with E-state index in [0.717, 1.165) is 49.0 Å². The molecule has 2 bridgehead atoms. The highest BCUT2D eigenvalue weighted by molar-refractivity contribution is 5.95. The zero-order chi connectivity index (χ0) is 31.7. The van der Waals surface area contributed by atoms with Gasteiger partial charge in [0.2, 0.25) is 5.91 Å². The largest absolute Gasteiger partial charge is 0.496 e. The number of pyridine rings is 1. The number of benzene rings is 1. The second-order valence-electron chi connectivity index (χ2n) is 14.2. The van der Waals surface area contributed by atoms with E-state index in [9.17, 15) is 14.7 Å². The average Bonchev–Trinajstić information content (AvgIpc) is 3.56. The number of rotatable bonds is 9. The third kappa shape index (κ3) is 6.38. The predicted molar refractivity (Wildman–Crippen MR) is 175 cm³/mol. The summed E-state index contributed by atoms with van der Waals surface area (Å²) in [7, 11) is 1.73. The maximum Gasteiger partial charge on any atom is 0.306 e. The number of hydrogen-bond donors (Lipinski definition) is 1. The first kappa shape index (κ1) is 31.3. The van der Waals surface area contributed by atoms with Gasteiger partial charge >= 0.3 is 5.97 Å². The van der Waals surface area contributed by atoms with Crippen molar-refractivity contribution in [3.05, 3.63) is 60.0 Å². The highest BCUT2D eigenvalue weighted by atomic mass is 16.5. The Morgan fingerprint density at radius 2 is 1.89 bits per heavy atom. The van der Waals surface area contributed by atoms with Gasteiger partial charge in [0.1, 0.15) is 11.6 Å². The maximum atomic E-state index is 14.4. The quantitative estimate of drug-likeness (QED) is 0.267. The minimum atomic E-state index is -0.791. The lowest BCUT2D eigenvalue weighted by Gasteiger charge is -2.50. The van der Waals surface area contributed by atoms with Crippen LogP contribution in [0.4, 0.5) is 5.82 Å². The van der Waals surface area contributed by atoms with Crippen LogP contribution in [0, 0.1) is 30.6 Å². The average molecular weight is 613 g/mol. The first-order chi connectivity index (χ1) is 21.7. The van der Waals surface area contributed by atoms with Gasteiger partial charge in [0.05, 0.1) is 19.2 Å². The number of ether oxygens (including phenoxy) is 1. The zero-order valence-corrected chi connectivity index (χ0v) is 27.2. The molecule has 6 rings (SSSR count). The molecule has 0 aliphatic heterocycles. The second-order valence-corrected chi connectivity index (χ2v) is 14.2. The fraction of sp³-hybridized carbons (Fsp3) is 0.568. The fourth-order valence-electron chi connectivity index (χ4n) is 8.50. The monoisotopic (exact) mass is 612 g/mol. The second kappa shape index (κ2) is 13.0. The van der Waals surface area contributed by atoms with Crippen LogP contribution in [-0.4, -0.2) is 45.4 Å². The summed E-state index contributed by atoms with van der Waals surface area (Å²) >= 11 is 0. The number of aliphatic carboxylic acids is 1. The summed E-state index contributed by atoms with van der Waals surface area (Å²) in [5.41, 5.74) is 4.76. The normalized spacial score (nSPS) is 26.4. The Morgan fingerprint density at radius 1 is 1.07 bits per heavy atom. The third-order valence-corrected chi connectivity index (χ3v) is 11.1. The van der Waals surface area contributed by atoms with Gasteiger partial charge < -0.3 is 9.84 Å². The summed E-state index contributed by atoms with van der Waals surface area (Å²) < 4.78 is 7.49. The lowest BCUT2D eigenvalue weighted by Crippen LogP contribution is -2.47. The van der Waals surface area contributed by atoms with Crippen molar-refractivity contribution in [3.8, 4) is 16.9 Å². The van der Waals surface area contributed by atoms with E-state index >= 15 is 0 Å². The number of nitrogens with zero attached hydrogens (tertiary/aromatic N) is 4. The Bertz CT molecular complexity index is 1530. The zero-order valence-electron chi connectivity index (χ0n) is 27.2. The Hall–Kier alpha value is -3.68. The van der Waals surface area contributed by atoms with E-state index < -0.39 is 11.9 Å². The van der Waals surface area contributed by atoms with Crippen molar-refractivity contribution in [1.82, 2.24) is 14.8 Å². The van der Waals surface area contributed by atoms with Gasteiger partial charge in [-0.2, -0.15) is 5.10 Å². The van der Waals surface area contributed by atoms with Crippen LogP contribution in [-0.2, 0) is 15.0 Å². The van der Waals surface area contributed by atoms with Crippen LogP contribution in [0.1, 0.15) is 95.2 Å². The predicted octanol–water partition coefficient (Wildman–Crippen LogP) is 7.61. The van der Waals surface area contributed by atoms with Gasteiger partial charge in [-0.05, 0) is 118 Å². The van der Waals surface area contributed by atoms with Crippen LogP contribution in [0.15, 0.2) is 48.9 Å². The van der Waals surface area contributed by atoms with Gasteiger partial charge in [-0.1, -0.05) is 31.4 Å². The standard InChI is InChI=1S/C37H48N4O4/c1-24(2)41-23-31(21-39-41)26-13-16-38-34(19-26)40(35(42)27-7-5-8-28(18-27)36(43)44)22-30-12-15-37(14-6-9-29(30)20-37)32-10-11-33(45-4)25(3)17-32/h10-11,13,16-17,19,21,23-24,27-30H,5-9,12,14-15,18,20,22H2,1-4H3,(H,43,44)/t27-,28+,29?,30?,37?/m1/s1. The van der Waals surface area contributed by atoms with Crippen molar-refractivity contribution in [2.24, 2.45) is 23.7 Å². The molecular weight excluding hydrogens is 564 g/mol. The molecule has 3 aliphatic carbocycles. The number of carboxylic acid groups (broad SMARTS) is 1. The molecule has 8 heteroatoms. The molecule has 2 heterocycles. The molecule has 5 atom stereocenters. The molecule has 8 nitrogen and oxygen atoms in total. The minimum Gasteiger partial charge on any atom is -0.496 e. The van der Waals surface area contributed by atoms with Crippen LogP contribution in [0.25, 0.3) is 11.1 Å². The molecular formula is C37H48N4O4.